The van der Waals surface area contributed by atoms with Crippen LogP contribution in [-0.2, 0) is 0 Å². The highest BCUT2D eigenvalue weighted by Crippen LogP contribution is 2.31. The number of nitrogens with zero attached hydrogens (tertiary/aromatic N) is 3. The first-order valence-corrected chi connectivity index (χ1v) is 9.25. The summed E-state index contributed by atoms with van der Waals surface area (Å²) >= 11 is 0. The molecule has 0 bridgehead atoms. The zero-order valence-corrected chi connectivity index (χ0v) is 15.7. The van der Waals surface area contributed by atoms with Gasteiger partial charge in [-0.3, -0.25) is 0 Å². The third-order valence-corrected chi connectivity index (χ3v) is 4.42. The number of piperidine rings is 1. The van der Waals surface area contributed by atoms with Gasteiger partial charge in [0.05, 0.1) is 6.10 Å². The first-order chi connectivity index (χ1) is 12.0. The van der Waals surface area contributed by atoms with Crippen molar-refractivity contribution < 1.29 is 4.74 Å². The van der Waals surface area contributed by atoms with Crippen LogP contribution in [0.1, 0.15) is 52.0 Å². The molecule has 4 nitrogen and oxygen atoms in total. The van der Waals surface area contributed by atoms with Gasteiger partial charge in [-0.15, -0.1) is 0 Å². The minimum absolute atomic E-state index is 0.166. The van der Waals surface area contributed by atoms with Crippen molar-refractivity contribution in [2.24, 2.45) is 0 Å². The summed E-state index contributed by atoms with van der Waals surface area (Å²) in [5, 5.41) is 0. The third-order valence-electron chi connectivity index (χ3n) is 4.42. The van der Waals surface area contributed by atoms with Crippen molar-refractivity contribution in [2.45, 2.75) is 52.6 Å². The van der Waals surface area contributed by atoms with Crippen LogP contribution in [0.2, 0.25) is 0 Å². The fourth-order valence-corrected chi connectivity index (χ4v) is 3.14. The minimum Gasteiger partial charge on any atom is -0.491 e. The first kappa shape index (κ1) is 17.7. The molecule has 0 saturated carbocycles. The van der Waals surface area contributed by atoms with Crippen molar-refractivity contribution in [1.29, 1.82) is 0 Å². The lowest BCUT2D eigenvalue weighted by Gasteiger charge is -2.27. The molecular formula is C21H28N3O. The van der Waals surface area contributed by atoms with Crippen LogP contribution >= 0.6 is 0 Å². The van der Waals surface area contributed by atoms with Crippen LogP contribution in [0.4, 0.5) is 5.82 Å². The van der Waals surface area contributed by atoms with Gasteiger partial charge in [-0.25, -0.2) is 9.97 Å². The average molecular weight is 338 g/mol. The Labute approximate surface area is 151 Å². The lowest BCUT2D eigenvalue weighted by atomic mass is 9.99. The normalized spacial score (nSPS) is 15.0. The van der Waals surface area contributed by atoms with Crippen LogP contribution in [-0.4, -0.2) is 29.2 Å². The zero-order chi connectivity index (χ0) is 17.8. The van der Waals surface area contributed by atoms with Crippen LogP contribution in [0.15, 0.2) is 30.5 Å². The van der Waals surface area contributed by atoms with Crippen molar-refractivity contribution >= 4 is 5.82 Å². The summed E-state index contributed by atoms with van der Waals surface area (Å²) in [4.78, 5) is 11.7. The van der Waals surface area contributed by atoms with Gasteiger partial charge in [0.2, 0.25) is 0 Å². The predicted octanol–water partition coefficient (Wildman–Crippen LogP) is 4.86. The van der Waals surface area contributed by atoms with Crippen LogP contribution in [0, 0.1) is 6.42 Å². The van der Waals surface area contributed by atoms with E-state index in [-0.39, 0.29) is 6.10 Å². The van der Waals surface area contributed by atoms with Gasteiger partial charge in [0.15, 0.2) is 5.82 Å². The Hall–Kier alpha value is -2.10. The Balaban J connectivity index is 1.92. The van der Waals surface area contributed by atoms with E-state index < -0.39 is 0 Å². The van der Waals surface area contributed by atoms with Crippen molar-refractivity contribution in [2.75, 3.05) is 18.0 Å². The molecule has 25 heavy (non-hydrogen) atoms. The molecule has 1 aromatic carbocycles. The molecule has 2 aromatic rings. The van der Waals surface area contributed by atoms with Gasteiger partial charge in [-0.2, -0.15) is 0 Å². The van der Waals surface area contributed by atoms with Crippen molar-refractivity contribution in [3.8, 4) is 17.1 Å². The fourth-order valence-electron chi connectivity index (χ4n) is 3.14. The Morgan fingerprint density at radius 3 is 2.48 bits per heavy atom. The van der Waals surface area contributed by atoms with Gasteiger partial charge in [0.25, 0.3) is 0 Å². The summed E-state index contributed by atoms with van der Waals surface area (Å²) in [6.45, 7) is 10.6. The number of aromatic nitrogens is 2. The Morgan fingerprint density at radius 1 is 1.04 bits per heavy atom. The Morgan fingerprint density at radius 2 is 1.80 bits per heavy atom. The van der Waals surface area contributed by atoms with Crippen LogP contribution in [0.25, 0.3) is 11.4 Å². The molecule has 3 rings (SSSR count). The molecule has 0 atom stereocenters. The predicted molar refractivity (Wildman–Crippen MR) is 103 cm³/mol. The number of hydrogen-bond acceptors (Lipinski definition) is 4. The second kappa shape index (κ2) is 7.85. The van der Waals surface area contributed by atoms with Crippen LogP contribution in [0.5, 0.6) is 5.75 Å². The van der Waals surface area contributed by atoms with Gasteiger partial charge in [0, 0.05) is 24.8 Å². The second-order valence-electron chi connectivity index (χ2n) is 7.17. The maximum atomic E-state index is 5.96. The van der Waals surface area contributed by atoms with E-state index in [0.29, 0.717) is 5.92 Å². The lowest BCUT2D eigenvalue weighted by molar-refractivity contribution is 0.239. The highest BCUT2D eigenvalue weighted by molar-refractivity contribution is 5.61. The molecule has 0 unspecified atom stereocenters. The first-order valence-electron chi connectivity index (χ1n) is 9.25. The van der Waals surface area contributed by atoms with Crippen molar-refractivity contribution in [3.63, 3.8) is 0 Å². The number of hydrogen-bond donors (Lipinski definition) is 0. The summed E-state index contributed by atoms with van der Waals surface area (Å²) in [6.07, 6.45) is 6.62. The van der Waals surface area contributed by atoms with Gasteiger partial charge in [-0.1, -0.05) is 13.8 Å². The fraction of sp³-hybridized carbons (Fsp3) is 0.476. The molecule has 1 aliphatic rings. The van der Waals surface area contributed by atoms with Crippen LogP contribution in [0.3, 0.4) is 0 Å². The number of benzene rings is 1. The van der Waals surface area contributed by atoms with Gasteiger partial charge < -0.3 is 9.64 Å². The monoisotopic (exact) mass is 338 g/mol. The molecule has 0 aliphatic carbocycles. The van der Waals surface area contributed by atoms with E-state index in [9.17, 15) is 0 Å². The number of anilines is 1. The highest BCUT2D eigenvalue weighted by atomic mass is 16.5. The summed E-state index contributed by atoms with van der Waals surface area (Å²) < 4.78 is 5.96. The highest BCUT2D eigenvalue weighted by Gasteiger charge is 2.15. The molecule has 0 spiro atoms. The molecule has 133 valence electrons. The maximum Gasteiger partial charge on any atom is 0.161 e. The number of rotatable bonds is 5. The SMILES string of the molecule is CC(C)Oc1ccc(-c2nccc(N3CC[CH]CC3)n2)cc1C(C)C. The molecule has 0 amide bonds. The molecule has 0 N–H and O–H groups in total. The maximum absolute atomic E-state index is 5.96. The average Bonchev–Trinajstić information content (AvgIpc) is 2.62. The van der Waals surface area contributed by atoms with E-state index in [1.54, 1.807) is 0 Å². The van der Waals surface area contributed by atoms with Gasteiger partial charge in [0.1, 0.15) is 11.6 Å². The largest absolute Gasteiger partial charge is 0.491 e. The molecule has 1 radical (unpaired) electrons. The Bertz CT molecular complexity index is 706. The topological polar surface area (TPSA) is 38.2 Å². The smallest absolute Gasteiger partial charge is 0.161 e. The molecule has 1 saturated heterocycles. The van der Waals surface area contributed by atoms with E-state index in [1.807, 2.05) is 12.3 Å². The third kappa shape index (κ3) is 4.30. The summed E-state index contributed by atoms with van der Waals surface area (Å²) in [7, 11) is 0. The van der Waals surface area contributed by atoms with Gasteiger partial charge in [-0.05, 0) is 68.9 Å². The van der Waals surface area contributed by atoms with E-state index >= 15 is 0 Å². The molecule has 2 heterocycles. The van der Waals surface area contributed by atoms with Gasteiger partial charge >= 0.3 is 0 Å². The van der Waals surface area contributed by atoms with Crippen molar-refractivity contribution in [1.82, 2.24) is 9.97 Å². The van der Waals surface area contributed by atoms with E-state index in [4.69, 9.17) is 9.72 Å². The summed E-state index contributed by atoms with van der Waals surface area (Å²) in [5.74, 6) is 3.14. The van der Waals surface area contributed by atoms with Crippen molar-refractivity contribution in [3.05, 3.63) is 42.4 Å². The summed E-state index contributed by atoms with van der Waals surface area (Å²) in [5.41, 5.74) is 2.25. The summed E-state index contributed by atoms with van der Waals surface area (Å²) in [6, 6.07) is 8.29. The zero-order valence-electron chi connectivity index (χ0n) is 15.7. The van der Waals surface area contributed by atoms with E-state index in [1.165, 1.54) is 5.56 Å². The Kier molecular flexibility index (Phi) is 5.57. The second-order valence-corrected chi connectivity index (χ2v) is 7.17. The molecular weight excluding hydrogens is 310 g/mol. The van der Waals surface area contributed by atoms with E-state index in [0.717, 1.165) is 48.9 Å². The molecule has 1 aliphatic heterocycles. The quantitative estimate of drug-likeness (QED) is 0.780. The standard InChI is InChI=1S/C21H28N3O/c1-15(2)18-14-17(8-9-19(18)25-16(3)4)21-22-11-10-20(23-21)24-12-6-5-7-13-24/h5,8-11,14-16H,6-7,12-13H2,1-4H3. The van der Waals surface area contributed by atoms with E-state index in [2.05, 4.69) is 62.2 Å². The molecule has 1 aromatic heterocycles. The molecule has 1 fully saturated rings. The molecule has 4 heteroatoms. The lowest BCUT2D eigenvalue weighted by Crippen LogP contribution is -2.30. The minimum atomic E-state index is 0.166. The number of ether oxygens (including phenoxy) is 1. The van der Waals surface area contributed by atoms with Crippen LogP contribution < -0.4 is 9.64 Å².